The number of benzene rings is 12. The van der Waals surface area contributed by atoms with Gasteiger partial charge in [-0.05, 0) is 258 Å². The third-order valence-corrected chi connectivity index (χ3v) is 39.3. The second-order valence-electron chi connectivity index (χ2n) is 34.5. The van der Waals surface area contributed by atoms with Gasteiger partial charge in [0, 0.05) is 78.6 Å². The Morgan fingerprint density at radius 2 is 0.468 bits per heavy atom. The normalized spacial score (nSPS) is 14.5. The minimum absolute atomic E-state index is 0.0443. The van der Waals surface area contributed by atoms with Crippen molar-refractivity contribution in [3.63, 3.8) is 0 Å². The number of hydrogen-bond acceptors (Lipinski definition) is 23. The molecule has 4 saturated carbocycles. The molecule has 0 aromatic heterocycles. The first-order valence-corrected chi connectivity index (χ1v) is 60.1. The number of aliphatic hydroxyl groups excluding tert-OH is 2. The third kappa shape index (κ3) is 28.7. The van der Waals surface area contributed by atoms with Gasteiger partial charge in [0.2, 0.25) is 0 Å². The maximum Gasteiger partial charge on any atom is 0.307 e. The topological polar surface area (TPSA) is 428 Å². The molecule has 0 aliphatic heterocycles. The van der Waals surface area contributed by atoms with Crippen LogP contribution in [0.25, 0.3) is 44.5 Å². The number of hydrogen-bond donors (Lipinski definition) is 4. The van der Waals surface area contributed by atoms with Gasteiger partial charge < -0.3 is 21.1 Å². The van der Waals surface area contributed by atoms with Crippen molar-refractivity contribution >= 4 is 201 Å². The van der Waals surface area contributed by atoms with E-state index in [9.17, 15) is 96.7 Å². The summed E-state index contributed by atoms with van der Waals surface area (Å²) in [5.74, 6) is -3.23. The fourth-order valence-electron chi connectivity index (χ4n) is 15.1. The van der Waals surface area contributed by atoms with Gasteiger partial charge in [-0.25, -0.2) is 67.3 Å². The average molecular weight is 2230 g/mol. The van der Waals surface area contributed by atoms with Gasteiger partial charge in [-0.1, -0.05) is 190 Å². The van der Waals surface area contributed by atoms with E-state index < -0.39 is 110 Å². The summed E-state index contributed by atoms with van der Waals surface area (Å²) in [6.45, 7) is -0.876. The molecule has 4 aliphatic rings. The molecule has 5 N–H and O–H groups in total. The van der Waals surface area contributed by atoms with Crippen LogP contribution in [0, 0.1) is 0 Å². The number of nitrogens with two attached hydrogens (primary N) is 1. The molecule has 0 spiro atoms. The first kappa shape index (κ1) is 111. The van der Waals surface area contributed by atoms with Crippen LogP contribution in [-0.2, 0) is 130 Å². The molecule has 0 bridgehead atoms. The summed E-state index contributed by atoms with van der Waals surface area (Å²) >= 11 is 51.4. The number of anilines is 1. The first-order valence-electron chi connectivity index (χ1n) is 43.3. The van der Waals surface area contributed by atoms with Gasteiger partial charge >= 0.3 is 5.97 Å². The highest BCUT2D eigenvalue weighted by molar-refractivity contribution is 7.93. The van der Waals surface area contributed by atoms with Crippen molar-refractivity contribution in [1.82, 2.24) is 0 Å². The number of halogens is 8. The molecule has 0 heterocycles. The predicted octanol–water partition coefficient (Wildman–Crippen LogP) is 20.0. The molecule has 24 nitrogen and oxygen atoms in total. The Kier molecular flexibility index (Phi) is 35.7. The second kappa shape index (κ2) is 45.6. The lowest BCUT2D eigenvalue weighted by molar-refractivity contribution is -0.136. The van der Waals surface area contributed by atoms with Gasteiger partial charge in [-0.2, -0.15) is 0 Å². The SMILES string of the molecule is CS(=O)(=O)c1ccc(C(CO)C(=O)Cc2cc(Cl)c(-c3ccc(S(=O)(=O)C4CC4)cc3)c(Cl)c2)cc1.CS(=O)(=O)c1ccc(C(CO)C(=O)Cc2cc(Cl)c(-c3ccc(S(=O)(=O)C4CC4)cc3)c(Cl)c2)cc1.CS(=O)(=O)c1ccc(CC(=O)Cc2cc(Cl)c(-c3ccc(S(=O)(=O)C4CC4)cc3)c(Cl)c2)cc1.CS(=O)(=O)c1ccc(CC(=O)O)cc1.Nc1cc(Cl)c(-c2ccc(S(=O)(=O)C3CC3)cc2)c(Cl)c1. The molecule has 40 heteroatoms. The smallest absolute Gasteiger partial charge is 0.307 e. The molecule has 0 amide bonds. The molecule has 2 atom stereocenters. The Morgan fingerprint density at radius 1 is 0.277 bits per heavy atom. The molecule has 12 aromatic carbocycles. The van der Waals surface area contributed by atoms with Gasteiger partial charge in [0.05, 0.1) is 132 Å². The second-order valence-corrected chi connectivity index (χ2v) is 54.7. The van der Waals surface area contributed by atoms with Gasteiger partial charge in [0.25, 0.3) is 0 Å². The quantitative estimate of drug-likeness (QED) is 0.0284. The van der Waals surface area contributed by atoms with Crippen LogP contribution in [-0.4, -0.2) is 165 Å². The van der Waals surface area contributed by atoms with Crippen LogP contribution in [0.3, 0.4) is 0 Å². The number of carbonyl (C=O) groups excluding carboxylic acids is 3. The van der Waals surface area contributed by atoms with E-state index in [1.165, 1.54) is 84.9 Å². The molecule has 4 aliphatic carbocycles. The molecule has 2 unspecified atom stereocenters. The number of ketones is 3. The average Bonchev–Trinajstić information content (AvgIpc) is 1.69. The minimum Gasteiger partial charge on any atom is -0.481 e. The highest BCUT2D eigenvalue weighted by atomic mass is 35.5. The number of aliphatic carboxylic acids is 1. The van der Waals surface area contributed by atoms with E-state index in [4.69, 9.17) is 104 Å². The first-order chi connectivity index (χ1) is 66.1. The van der Waals surface area contributed by atoms with Crippen LogP contribution < -0.4 is 5.73 Å². The van der Waals surface area contributed by atoms with Crippen molar-refractivity contribution in [2.75, 3.05) is 44.0 Å². The molecule has 16 rings (SSSR count). The maximum atomic E-state index is 13.0. The lowest BCUT2D eigenvalue weighted by atomic mass is 9.91. The van der Waals surface area contributed by atoms with Crippen LogP contribution in [0.1, 0.15) is 102 Å². The number of Topliss-reactive ketones (excluding diaryl/α,β-unsaturated/α-hetero) is 3. The standard InChI is InChI=1S/2C26H24Cl2O6S2.C25H22Cl2O5S2.C15H13Cl2NO2S.C9H10O4S/c2*1-35(31,32)19-6-2-17(3-7-19)22(15-29)25(30)14-16-12-23(27)26(24(28)13-16)18-4-8-20(9-5-18)36(33,34)21-10-11-21;1-33(29,30)20-6-2-16(3-7-20)12-19(28)13-17-14-23(26)25(24(27)15-17)18-4-8-21(9-5-18)34(31,32)22-10-11-22;16-13-7-10(18)8-14(17)15(13)9-1-3-11(4-2-9)21(19,20)12-5-6-12;1-14(12,13)8-4-2-7(3-5-8)6-9(10)11/h2*2-9,12-13,21-22,29H,10-11,14-15H2,1H3;2-9,14-15,22H,10-13H2,1H3;1-4,7-8,12H,5-6,18H2;2-5H,6H2,1H3,(H,10,11). The number of rotatable bonds is 32. The molecular weight excluding hydrogens is 2140 g/mol. The number of carboxylic acids is 1. The molecule has 0 radical (unpaired) electrons. The van der Waals surface area contributed by atoms with E-state index in [2.05, 4.69) is 0 Å². The Hall–Kier alpha value is -9.24. The number of sulfone groups is 8. The van der Waals surface area contributed by atoms with Crippen molar-refractivity contribution in [3.05, 3.63) is 322 Å². The number of carbonyl (C=O) groups is 4. The fraction of sp³-hybridized carbons (Fsp3) is 0.248. The van der Waals surface area contributed by atoms with Crippen LogP contribution in [0.5, 0.6) is 0 Å². The Morgan fingerprint density at radius 3 is 0.674 bits per heavy atom. The van der Waals surface area contributed by atoms with Crippen LogP contribution in [0.4, 0.5) is 5.69 Å². The van der Waals surface area contributed by atoms with Crippen molar-refractivity contribution in [1.29, 1.82) is 0 Å². The summed E-state index contributed by atoms with van der Waals surface area (Å²) in [6.07, 6.45) is 10.2. The van der Waals surface area contributed by atoms with E-state index in [-0.39, 0.29) is 105 Å². The molecule has 12 aromatic rings. The molecule has 744 valence electrons. The molecule has 4 fully saturated rings. The number of aliphatic hydroxyl groups is 2. The zero-order valence-electron chi connectivity index (χ0n) is 75.5. The third-order valence-electron chi connectivity index (χ3n) is 23.3. The summed E-state index contributed by atoms with van der Waals surface area (Å²) < 4.78 is 191. The molecule has 141 heavy (non-hydrogen) atoms. The largest absolute Gasteiger partial charge is 0.481 e. The minimum atomic E-state index is -3.37. The van der Waals surface area contributed by atoms with E-state index in [0.717, 1.165) is 43.4 Å². The zero-order chi connectivity index (χ0) is 103. The zero-order valence-corrected chi connectivity index (χ0v) is 88.1. The summed E-state index contributed by atoms with van der Waals surface area (Å²) in [5, 5.41) is 29.9. The van der Waals surface area contributed by atoms with Crippen molar-refractivity contribution in [3.8, 4) is 44.5 Å². The highest BCUT2D eigenvalue weighted by Crippen LogP contribution is 2.45. The maximum absolute atomic E-state index is 13.0. The number of carboxylic acid groups (broad SMARTS) is 1. The Balaban J connectivity index is 0.000000163. The van der Waals surface area contributed by atoms with Crippen molar-refractivity contribution < 1.29 is 102 Å². The molecule has 0 saturated heterocycles. The highest BCUT2D eigenvalue weighted by Gasteiger charge is 2.40. The van der Waals surface area contributed by atoms with Gasteiger partial charge in [0.1, 0.15) is 17.3 Å². The summed E-state index contributed by atoms with van der Waals surface area (Å²) in [5.41, 5.74) is 15.3. The van der Waals surface area contributed by atoms with Gasteiger partial charge in [-0.3, -0.25) is 19.2 Å². The van der Waals surface area contributed by atoms with Gasteiger partial charge in [0.15, 0.2) is 78.7 Å². The van der Waals surface area contributed by atoms with E-state index in [1.807, 2.05) is 0 Å². The Bertz CT molecular complexity index is 7450. The number of nitrogen functional groups attached to an aromatic ring is 1. The Labute approximate surface area is 859 Å². The van der Waals surface area contributed by atoms with E-state index in [0.29, 0.717) is 167 Å². The van der Waals surface area contributed by atoms with Crippen LogP contribution >= 0.6 is 92.8 Å². The van der Waals surface area contributed by atoms with E-state index in [1.54, 1.807) is 158 Å². The van der Waals surface area contributed by atoms with Crippen molar-refractivity contribution in [2.45, 2.75) is 155 Å². The summed E-state index contributed by atoms with van der Waals surface area (Å²) in [6, 6.07) is 62.9. The van der Waals surface area contributed by atoms with Crippen LogP contribution in [0.2, 0.25) is 40.2 Å². The summed E-state index contributed by atoms with van der Waals surface area (Å²) in [7, 11) is -26.3. The summed E-state index contributed by atoms with van der Waals surface area (Å²) in [4.78, 5) is 50.7. The monoisotopic (exact) mass is 2220 g/mol. The lowest BCUT2D eigenvalue weighted by Gasteiger charge is -2.15. The van der Waals surface area contributed by atoms with Crippen molar-refractivity contribution in [2.24, 2.45) is 0 Å². The van der Waals surface area contributed by atoms with Gasteiger partial charge in [-0.15, -0.1) is 0 Å². The predicted molar refractivity (Wildman–Crippen MR) is 552 cm³/mol. The van der Waals surface area contributed by atoms with E-state index >= 15 is 0 Å². The van der Waals surface area contributed by atoms with Crippen LogP contribution in [0.15, 0.2) is 282 Å². The lowest BCUT2D eigenvalue weighted by Crippen LogP contribution is -2.19. The fourth-order valence-corrected chi connectivity index (χ4v) is 27.3. The molecular formula is C101H93Cl8NO23S8.